The Balaban J connectivity index is 2.44. The van der Waals surface area contributed by atoms with E-state index < -0.39 is 46.6 Å². The van der Waals surface area contributed by atoms with Gasteiger partial charge in [-0.25, -0.2) is 9.18 Å². The third-order valence-corrected chi connectivity index (χ3v) is 3.22. The van der Waals surface area contributed by atoms with Crippen LogP contribution >= 0.6 is 0 Å². The smallest absolute Gasteiger partial charge is 0.423 e. The molecule has 0 radical (unpaired) electrons. The van der Waals surface area contributed by atoms with Crippen LogP contribution in [0.5, 0.6) is 11.6 Å². The van der Waals surface area contributed by atoms with Gasteiger partial charge in [0.2, 0.25) is 0 Å². The molecule has 0 bridgehead atoms. The fourth-order valence-electron chi connectivity index (χ4n) is 2.11. The number of carbonyl (C=O) groups is 1. The van der Waals surface area contributed by atoms with Gasteiger partial charge >= 0.3 is 12.1 Å². The van der Waals surface area contributed by atoms with Gasteiger partial charge in [0.25, 0.3) is 11.6 Å². The van der Waals surface area contributed by atoms with Gasteiger partial charge in [0, 0.05) is 18.3 Å². The van der Waals surface area contributed by atoms with E-state index >= 15 is 0 Å². The predicted molar refractivity (Wildman–Crippen MR) is 82.3 cm³/mol. The SMILES string of the molecule is CCOC(=O)c1cn(CCF)nc1Oc1ccc([N+](=O)[O-])c(C(F)(F)F)c1. The second-order valence-electron chi connectivity index (χ2n) is 5.06. The van der Waals surface area contributed by atoms with Gasteiger partial charge < -0.3 is 9.47 Å². The van der Waals surface area contributed by atoms with Crippen LogP contribution in [0, 0.1) is 10.1 Å². The van der Waals surface area contributed by atoms with E-state index in [4.69, 9.17) is 9.47 Å². The molecule has 0 atom stereocenters. The zero-order valence-corrected chi connectivity index (χ0v) is 13.8. The van der Waals surface area contributed by atoms with E-state index in [2.05, 4.69) is 5.10 Å². The van der Waals surface area contributed by atoms with Crippen LogP contribution < -0.4 is 4.74 Å². The van der Waals surface area contributed by atoms with Crippen molar-refractivity contribution in [2.75, 3.05) is 13.3 Å². The van der Waals surface area contributed by atoms with Crippen LogP contribution in [-0.4, -0.2) is 34.0 Å². The summed E-state index contributed by atoms with van der Waals surface area (Å²) in [4.78, 5) is 21.5. The van der Waals surface area contributed by atoms with Gasteiger partial charge in [-0.15, -0.1) is 5.10 Å². The molecule has 0 fully saturated rings. The second-order valence-corrected chi connectivity index (χ2v) is 5.06. The van der Waals surface area contributed by atoms with E-state index in [1.165, 1.54) is 6.92 Å². The molecule has 2 rings (SSSR count). The van der Waals surface area contributed by atoms with Gasteiger partial charge in [-0.1, -0.05) is 0 Å². The molecule has 0 N–H and O–H groups in total. The average molecular weight is 391 g/mol. The Morgan fingerprint density at radius 1 is 1.37 bits per heavy atom. The Morgan fingerprint density at radius 3 is 2.63 bits per heavy atom. The number of halogens is 4. The number of hydrogen-bond acceptors (Lipinski definition) is 6. The first kappa shape index (κ1) is 20.1. The van der Waals surface area contributed by atoms with E-state index in [9.17, 15) is 32.5 Å². The topological polar surface area (TPSA) is 96.5 Å². The number of nitro benzene ring substituents is 1. The fraction of sp³-hybridized carbons (Fsp3) is 0.333. The number of nitrogens with zero attached hydrogens (tertiary/aromatic N) is 3. The molecule has 2 aromatic rings. The van der Waals surface area contributed by atoms with Crippen molar-refractivity contribution in [2.24, 2.45) is 0 Å². The third-order valence-electron chi connectivity index (χ3n) is 3.22. The molecule has 0 amide bonds. The van der Waals surface area contributed by atoms with E-state index in [0.717, 1.165) is 16.9 Å². The quantitative estimate of drug-likeness (QED) is 0.309. The zero-order valence-electron chi connectivity index (χ0n) is 13.8. The summed E-state index contributed by atoms with van der Waals surface area (Å²) in [6.45, 7) is 0.529. The largest absolute Gasteiger partial charge is 0.462 e. The van der Waals surface area contributed by atoms with Crippen molar-refractivity contribution in [3.05, 3.63) is 45.6 Å². The predicted octanol–water partition coefficient (Wildman–Crippen LogP) is 3.75. The van der Waals surface area contributed by atoms with Gasteiger partial charge in [0.15, 0.2) is 0 Å². The van der Waals surface area contributed by atoms with Crippen molar-refractivity contribution in [1.82, 2.24) is 9.78 Å². The number of ether oxygens (including phenoxy) is 2. The van der Waals surface area contributed by atoms with Gasteiger partial charge in [-0.2, -0.15) is 13.2 Å². The highest BCUT2D eigenvalue weighted by Gasteiger charge is 2.38. The lowest BCUT2D eigenvalue weighted by molar-refractivity contribution is -0.388. The monoisotopic (exact) mass is 391 g/mol. The first-order valence-electron chi connectivity index (χ1n) is 7.51. The number of nitro groups is 1. The first-order chi connectivity index (χ1) is 12.7. The molecule has 0 unspecified atom stereocenters. The van der Waals surface area contributed by atoms with Crippen LogP contribution in [0.2, 0.25) is 0 Å². The van der Waals surface area contributed by atoms with Crippen molar-refractivity contribution >= 4 is 11.7 Å². The number of esters is 1. The zero-order chi connectivity index (χ0) is 20.2. The van der Waals surface area contributed by atoms with Gasteiger partial charge in [-0.3, -0.25) is 14.8 Å². The van der Waals surface area contributed by atoms with Crippen LogP contribution in [-0.2, 0) is 17.5 Å². The molecule has 1 heterocycles. The molecule has 0 aliphatic heterocycles. The number of benzene rings is 1. The molecule has 1 aromatic heterocycles. The van der Waals surface area contributed by atoms with E-state index in [0.29, 0.717) is 12.1 Å². The van der Waals surface area contributed by atoms with Crippen LogP contribution in [0.4, 0.5) is 23.2 Å². The molecule has 8 nitrogen and oxygen atoms in total. The number of hydrogen-bond donors (Lipinski definition) is 0. The van der Waals surface area contributed by atoms with E-state index in [1.54, 1.807) is 0 Å². The van der Waals surface area contributed by atoms with E-state index in [1.807, 2.05) is 0 Å². The maximum Gasteiger partial charge on any atom is 0.423 e. The Kier molecular flexibility index (Phi) is 5.98. The second kappa shape index (κ2) is 8.01. The number of alkyl halides is 4. The van der Waals surface area contributed by atoms with Crippen LogP contribution in [0.25, 0.3) is 0 Å². The summed E-state index contributed by atoms with van der Waals surface area (Å²) < 4.78 is 62.6. The summed E-state index contributed by atoms with van der Waals surface area (Å²) in [5.74, 6) is -1.72. The molecule has 1 aromatic carbocycles. The summed E-state index contributed by atoms with van der Waals surface area (Å²) in [7, 11) is 0. The van der Waals surface area contributed by atoms with Crippen molar-refractivity contribution in [3.63, 3.8) is 0 Å². The maximum atomic E-state index is 13.0. The van der Waals surface area contributed by atoms with E-state index in [-0.39, 0.29) is 18.7 Å². The summed E-state index contributed by atoms with van der Waals surface area (Å²) in [5, 5.41) is 14.6. The average Bonchev–Trinajstić information content (AvgIpc) is 2.97. The van der Waals surface area contributed by atoms with Crippen LogP contribution in [0.1, 0.15) is 22.8 Å². The lowest BCUT2D eigenvalue weighted by Crippen LogP contribution is -2.09. The summed E-state index contributed by atoms with van der Waals surface area (Å²) >= 11 is 0. The molecule has 0 spiro atoms. The van der Waals surface area contributed by atoms with Gasteiger partial charge in [0.05, 0.1) is 18.1 Å². The molecule has 0 saturated carbocycles. The first-order valence-corrected chi connectivity index (χ1v) is 7.51. The molecule has 12 heteroatoms. The Morgan fingerprint density at radius 2 is 2.07 bits per heavy atom. The molecule has 0 aliphatic carbocycles. The number of carbonyl (C=O) groups excluding carboxylic acids is 1. The Bertz CT molecular complexity index is 850. The van der Waals surface area contributed by atoms with Gasteiger partial charge in [-0.05, 0) is 13.0 Å². The minimum absolute atomic E-state index is 0.0162. The highest BCUT2D eigenvalue weighted by molar-refractivity contribution is 5.91. The standard InChI is InChI=1S/C15H13F4N3O5/c1-2-26-14(23)10-8-21(6-5-16)20-13(10)27-9-3-4-12(22(24)25)11(7-9)15(17,18)19/h3-4,7-8H,2,5-6H2,1H3. The maximum absolute atomic E-state index is 13.0. The van der Waals surface area contributed by atoms with Gasteiger partial charge in [0.1, 0.15) is 23.6 Å². The van der Waals surface area contributed by atoms with Crippen molar-refractivity contribution in [1.29, 1.82) is 0 Å². The summed E-state index contributed by atoms with van der Waals surface area (Å²) in [5.41, 5.74) is -2.90. The minimum Gasteiger partial charge on any atom is -0.462 e. The summed E-state index contributed by atoms with van der Waals surface area (Å²) in [6, 6.07) is 1.97. The van der Waals surface area contributed by atoms with Crippen LogP contribution in [0.3, 0.4) is 0 Å². The van der Waals surface area contributed by atoms with Crippen molar-refractivity contribution in [3.8, 4) is 11.6 Å². The third kappa shape index (κ3) is 4.71. The van der Waals surface area contributed by atoms with Crippen LogP contribution in [0.15, 0.2) is 24.4 Å². The molecular weight excluding hydrogens is 378 g/mol. The molecular formula is C15H13F4N3O5. The number of rotatable bonds is 7. The molecule has 0 saturated heterocycles. The highest BCUT2D eigenvalue weighted by Crippen LogP contribution is 2.39. The minimum atomic E-state index is -5.00. The van der Waals surface area contributed by atoms with Crippen molar-refractivity contribution in [2.45, 2.75) is 19.6 Å². The number of aryl methyl sites for hydroxylation is 1. The summed E-state index contributed by atoms with van der Waals surface area (Å²) in [6.07, 6.45) is -3.87. The molecule has 27 heavy (non-hydrogen) atoms. The fourth-order valence-corrected chi connectivity index (χ4v) is 2.11. The lowest BCUT2D eigenvalue weighted by Gasteiger charge is -2.10. The lowest BCUT2D eigenvalue weighted by atomic mass is 10.1. The van der Waals surface area contributed by atoms with Crippen molar-refractivity contribution < 1.29 is 36.8 Å². The number of aromatic nitrogens is 2. The Hall–Kier alpha value is -3.18. The molecule has 146 valence electrons. The normalized spacial score (nSPS) is 11.3. The molecule has 0 aliphatic rings. The Labute approximate surface area is 149 Å². The highest BCUT2D eigenvalue weighted by atomic mass is 19.4.